The Morgan fingerprint density at radius 1 is 0.923 bits per heavy atom. The Morgan fingerprint density at radius 3 is 2.08 bits per heavy atom. The van der Waals surface area contributed by atoms with Crippen molar-refractivity contribution in [3.8, 4) is 0 Å². The first-order valence-corrected chi connectivity index (χ1v) is 5.91. The summed E-state index contributed by atoms with van der Waals surface area (Å²) in [5, 5.41) is 0. The zero-order chi connectivity index (χ0) is 9.36. The zero-order valence-electron chi connectivity index (χ0n) is 8.94. The van der Waals surface area contributed by atoms with Crippen molar-refractivity contribution in [1.29, 1.82) is 0 Å². The van der Waals surface area contributed by atoms with Crippen LogP contribution in [-0.2, 0) is 0 Å². The molecule has 76 valence electrons. The molecule has 2 aliphatic rings. The van der Waals surface area contributed by atoms with E-state index < -0.39 is 0 Å². The lowest BCUT2D eigenvalue weighted by Gasteiger charge is -2.34. The van der Waals surface area contributed by atoms with Crippen molar-refractivity contribution in [3.05, 3.63) is 0 Å². The molecule has 0 aliphatic heterocycles. The normalized spacial score (nSPS) is 30.0. The van der Waals surface area contributed by atoms with E-state index in [1.807, 2.05) is 0 Å². The van der Waals surface area contributed by atoms with Gasteiger partial charge in [0.1, 0.15) is 0 Å². The SMILES string of the molecule is CC1(CCC2(N)CC2)CCCCC1. The van der Waals surface area contributed by atoms with Crippen molar-refractivity contribution in [3.63, 3.8) is 0 Å². The molecule has 1 nitrogen and oxygen atoms in total. The fraction of sp³-hybridized carbons (Fsp3) is 1.00. The van der Waals surface area contributed by atoms with E-state index in [0.717, 1.165) is 0 Å². The molecular formula is C12H23N. The zero-order valence-corrected chi connectivity index (χ0v) is 8.94. The predicted molar refractivity (Wildman–Crippen MR) is 56.6 cm³/mol. The number of rotatable bonds is 3. The number of hydrogen-bond acceptors (Lipinski definition) is 1. The molecule has 2 rings (SSSR count). The second-order valence-corrected chi connectivity index (χ2v) is 5.73. The fourth-order valence-corrected chi connectivity index (χ4v) is 2.62. The molecule has 13 heavy (non-hydrogen) atoms. The van der Waals surface area contributed by atoms with Gasteiger partial charge in [-0.3, -0.25) is 0 Å². The van der Waals surface area contributed by atoms with Crippen LogP contribution in [0.5, 0.6) is 0 Å². The van der Waals surface area contributed by atoms with Crippen LogP contribution in [0.1, 0.15) is 64.7 Å². The molecule has 0 aromatic carbocycles. The second-order valence-electron chi connectivity index (χ2n) is 5.73. The average Bonchev–Trinajstić information content (AvgIpc) is 2.84. The van der Waals surface area contributed by atoms with Crippen LogP contribution in [0.4, 0.5) is 0 Å². The lowest BCUT2D eigenvalue weighted by Crippen LogP contribution is -2.27. The maximum absolute atomic E-state index is 6.12. The highest BCUT2D eigenvalue weighted by molar-refractivity contribution is 4.99. The lowest BCUT2D eigenvalue weighted by molar-refractivity contribution is 0.188. The minimum Gasteiger partial charge on any atom is -0.325 e. The highest BCUT2D eigenvalue weighted by atomic mass is 14.8. The van der Waals surface area contributed by atoms with Gasteiger partial charge < -0.3 is 5.73 Å². The Bertz CT molecular complexity index is 176. The Hall–Kier alpha value is -0.0400. The summed E-state index contributed by atoms with van der Waals surface area (Å²) >= 11 is 0. The summed E-state index contributed by atoms with van der Waals surface area (Å²) in [5.74, 6) is 0. The van der Waals surface area contributed by atoms with Crippen molar-refractivity contribution < 1.29 is 0 Å². The van der Waals surface area contributed by atoms with E-state index in [4.69, 9.17) is 5.73 Å². The van der Waals surface area contributed by atoms with Gasteiger partial charge in [-0.1, -0.05) is 26.2 Å². The first-order chi connectivity index (χ1) is 6.12. The van der Waals surface area contributed by atoms with Gasteiger partial charge in [0.15, 0.2) is 0 Å². The molecular weight excluding hydrogens is 158 g/mol. The van der Waals surface area contributed by atoms with Gasteiger partial charge in [0.25, 0.3) is 0 Å². The van der Waals surface area contributed by atoms with Crippen LogP contribution in [0, 0.1) is 5.41 Å². The molecule has 0 aromatic heterocycles. The molecule has 2 fully saturated rings. The lowest BCUT2D eigenvalue weighted by atomic mass is 9.72. The largest absolute Gasteiger partial charge is 0.325 e. The maximum Gasteiger partial charge on any atom is 0.0155 e. The second kappa shape index (κ2) is 3.27. The van der Waals surface area contributed by atoms with Crippen molar-refractivity contribution >= 4 is 0 Å². The van der Waals surface area contributed by atoms with Crippen LogP contribution in [0.2, 0.25) is 0 Å². The quantitative estimate of drug-likeness (QED) is 0.710. The predicted octanol–water partition coefficient (Wildman–Crippen LogP) is 3.23. The fourth-order valence-electron chi connectivity index (χ4n) is 2.62. The minimum atomic E-state index is 0.278. The monoisotopic (exact) mass is 181 g/mol. The van der Waals surface area contributed by atoms with Gasteiger partial charge in [-0.15, -0.1) is 0 Å². The summed E-state index contributed by atoms with van der Waals surface area (Å²) in [6, 6.07) is 0. The van der Waals surface area contributed by atoms with E-state index in [2.05, 4.69) is 6.92 Å². The molecule has 0 heterocycles. The first-order valence-electron chi connectivity index (χ1n) is 5.91. The van der Waals surface area contributed by atoms with E-state index in [1.165, 1.54) is 57.8 Å². The Balaban J connectivity index is 1.77. The summed E-state index contributed by atoms with van der Waals surface area (Å²) in [6.07, 6.45) is 12.5. The average molecular weight is 181 g/mol. The molecule has 0 radical (unpaired) electrons. The van der Waals surface area contributed by atoms with Crippen LogP contribution in [0.15, 0.2) is 0 Å². The first kappa shape index (κ1) is 9.51. The van der Waals surface area contributed by atoms with Crippen LogP contribution >= 0.6 is 0 Å². The van der Waals surface area contributed by atoms with Gasteiger partial charge in [0, 0.05) is 5.54 Å². The van der Waals surface area contributed by atoms with Crippen LogP contribution < -0.4 is 5.73 Å². The molecule has 0 bridgehead atoms. The summed E-state index contributed by atoms with van der Waals surface area (Å²) < 4.78 is 0. The summed E-state index contributed by atoms with van der Waals surface area (Å²) in [7, 11) is 0. The number of hydrogen-bond donors (Lipinski definition) is 1. The summed E-state index contributed by atoms with van der Waals surface area (Å²) in [5.41, 5.74) is 7.05. The molecule has 1 heteroatoms. The maximum atomic E-state index is 6.12. The molecule has 2 saturated carbocycles. The molecule has 0 atom stereocenters. The van der Waals surface area contributed by atoms with Gasteiger partial charge in [0.2, 0.25) is 0 Å². The molecule has 0 unspecified atom stereocenters. The molecule has 0 saturated heterocycles. The molecule has 2 aliphatic carbocycles. The smallest absolute Gasteiger partial charge is 0.0155 e. The summed E-state index contributed by atoms with van der Waals surface area (Å²) in [6.45, 7) is 2.47. The third-order valence-corrected chi connectivity index (χ3v) is 4.18. The third-order valence-electron chi connectivity index (χ3n) is 4.18. The summed E-state index contributed by atoms with van der Waals surface area (Å²) in [4.78, 5) is 0. The Labute approximate surface area is 82.1 Å². The van der Waals surface area contributed by atoms with E-state index in [0.29, 0.717) is 5.41 Å². The van der Waals surface area contributed by atoms with Crippen LogP contribution in [0.3, 0.4) is 0 Å². The molecule has 0 amide bonds. The highest BCUT2D eigenvalue weighted by Crippen LogP contribution is 2.45. The topological polar surface area (TPSA) is 26.0 Å². The molecule has 0 spiro atoms. The van der Waals surface area contributed by atoms with E-state index in [1.54, 1.807) is 0 Å². The highest BCUT2D eigenvalue weighted by Gasteiger charge is 2.39. The van der Waals surface area contributed by atoms with Crippen LogP contribution in [-0.4, -0.2) is 5.54 Å². The Morgan fingerprint density at radius 2 is 1.54 bits per heavy atom. The van der Waals surface area contributed by atoms with Crippen LogP contribution in [0.25, 0.3) is 0 Å². The minimum absolute atomic E-state index is 0.278. The van der Waals surface area contributed by atoms with Crippen molar-refractivity contribution in [2.24, 2.45) is 11.1 Å². The Kier molecular flexibility index (Phi) is 2.39. The van der Waals surface area contributed by atoms with Gasteiger partial charge in [-0.2, -0.15) is 0 Å². The van der Waals surface area contributed by atoms with Crippen molar-refractivity contribution in [2.45, 2.75) is 70.3 Å². The standard InChI is InChI=1S/C12H23N/c1-11(5-3-2-4-6-11)7-8-12(13)9-10-12/h2-10,13H2,1H3. The van der Waals surface area contributed by atoms with Gasteiger partial charge in [0.05, 0.1) is 0 Å². The number of nitrogens with two attached hydrogens (primary N) is 1. The third kappa shape index (κ3) is 2.46. The van der Waals surface area contributed by atoms with E-state index in [9.17, 15) is 0 Å². The van der Waals surface area contributed by atoms with Crippen molar-refractivity contribution in [1.82, 2.24) is 0 Å². The molecule has 2 N–H and O–H groups in total. The van der Waals surface area contributed by atoms with Gasteiger partial charge >= 0.3 is 0 Å². The molecule has 0 aromatic rings. The van der Waals surface area contributed by atoms with Gasteiger partial charge in [-0.25, -0.2) is 0 Å². The van der Waals surface area contributed by atoms with Crippen molar-refractivity contribution in [2.75, 3.05) is 0 Å². The van der Waals surface area contributed by atoms with Gasteiger partial charge in [-0.05, 0) is 43.9 Å². The van der Waals surface area contributed by atoms with E-state index in [-0.39, 0.29) is 5.54 Å². The van der Waals surface area contributed by atoms with E-state index >= 15 is 0 Å².